The number of hydrogen-bond donors (Lipinski definition) is 1. The first-order chi connectivity index (χ1) is 7.17. The molecule has 0 heterocycles. The quantitative estimate of drug-likeness (QED) is 0.837. The van der Waals surface area contributed by atoms with E-state index in [1.807, 2.05) is 6.92 Å². The number of carbonyl (C=O) groups excluding carboxylic acids is 1. The molecular formula is C11H13BrO3. The van der Waals surface area contributed by atoms with Gasteiger partial charge in [-0.1, -0.05) is 15.9 Å². The molecule has 0 saturated heterocycles. The number of benzene rings is 1. The lowest BCUT2D eigenvalue weighted by Crippen LogP contribution is -2.04. The predicted molar refractivity (Wildman–Crippen MR) is 61.8 cm³/mol. The van der Waals surface area contributed by atoms with Crippen molar-refractivity contribution < 1.29 is 14.6 Å². The standard InChI is InChI=1S/C11H13BrO3/c1-2-15-10-3-4-11(14)8(6-10)5-9(13)7-12/h3-4,6,14H,2,5,7H2,1H3. The van der Waals surface area contributed by atoms with Gasteiger partial charge in [0.25, 0.3) is 0 Å². The highest BCUT2D eigenvalue weighted by molar-refractivity contribution is 9.09. The average molecular weight is 273 g/mol. The number of carbonyl (C=O) groups is 1. The molecule has 0 radical (unpaired) electrons. The summed E-state index contributed by atoms with van der Waals surface area (Å²) >= 11 is 3.08. The SMILES string of the molecule is CCOc1ccc(O)c(CC(=O)CBr)c1. The molecule has 0 aromatic heterocycles. The molecule has 1 aromatic carbocycles. The maximum Gasteiger partial charge on any atom is 0.147 e. The minimum atomic E-state index is 0.0268. The van der Waals surface area contributed by atoms with Crippen LogP contribution in [0.2, 0.25) is 0 Å². The molecule has 1 rings (SSSR count). The summed E-state index contributed by atoms with van der Waals surface area (Å²) in [6, 6.07) is 4.92. The summed E-state index contributed by atoms with van der Waals surface area (Å²) in [5.41, 5.74) is 0.602. The number of alkyl halides is 1. The number of rotatable bonds is 5. The highest BCUT2D eigenvalue weighted by Gasteiger charge is 2.08. The number of ketones is 1. The Morgan fingerprint density at radius 3 is 2.87 bits per heavy atom. The van der Waals surface area contributed by atoms with Crippen molar-refractivity contribution in [3.8, 4) is 11.5 Å². The highest BCUT2D eigenvalue weighted by atomic mass is 79.9. The number of hydrogen-bond acceptors (Lipinski definition) is 3. The molecule has 0 aliphatic rings. The zero-order valence-electron chi connectivity index (χ0n) is 8.50. The smallest absolute Gasteiger partial charge is 0.147 e. The largest absolute Gasteiger partial charge is 0.508 e. The van der Waals surface area contributed by atoms with Crippen molar-refractivity contribution in [1.82, 2.24) is 0 Å². The Balaban J connectivity index is 2.85. The molecule has 0 unspecified atom stereocenters. The Morgan fingerprint density at radius 2 is 2.27 bits per heavy atom. The first kappa shape index (κ1) is 12.0. The van der Waals surface area contributed by atoms with E-state index in [0.717, 1.165) is 0 Å². The van der Waals surface area contributed by atoms with Gasteiger partial charge >= 0.3 is 0 Å². The summed E-state index contributed by atoms with van der Waals surface area (Å²) in [6.07, 6.45) is 0.220. The fourth-order valence-corrected chi connectivity index (χ4v) is 1.42. The van der Waals surface area contributed by atoms with Crippen LogP contribution < -0.4 is 4.74 Å². The van der Waals surface area contributed by atoms with Crippen LogP contribution in [0.5, 0.6) is 11.5 Å². The summed E-state index contributed by atoms with van der Waals surface area (Å²) < 4.78 is 5.28. The van der Waals surface area contributed by atoms with Gasteiger partial charge in [-0.25, -0.2) is 0 Å². The van der Waals surface area contributed by atoms with E-state index in [1.165, 1.54) is 0 Å². The molecule has 82 valence electrons. The minimum Gasteiger partial charge on any atom is -0.508 e. The molecule has 1 aromatic rings. The van der Waals surface area contributed by atoms with E-state index >= 15 is 0 Å². The van der Waals surface area contributed by atoms with Crippen LogP contribution in [0.1, 0.15) is 12.5 Å². The van der Waals surface area contributed by atoms with E-state index in [2.05, 4.69) is 15.9 Å². The summed E-state index contributed by atoms with van der Waals surface area (Å²) in [6.45, 7) is 2.45. The molecule has 0 aliphatic heterocycles. The molecule has 0 bridgehead atoms. The van der Waals surface area contributed by atoms with Gasteiger partial charge in [-0.2, -0.15) is 0 Å². The summed E-state index contributed by atoms with van der Waals surface area (Å²) in [4.78, 5) is 11.2. The predicted octanol–water partition coefficient (Wildman–Crippen LogP) is 2.30. The number of phenolic OH excluding ortho intramolecular Hbond substituents is 1. The second-order valence-corrected chi connectivity index (χ2v) is 3.63. The molecule has 4 heteroatoms. The van der Waals surface area contributed by atoms with Crippen LogP contribution >= 0.6 is 15.9 Å². The Kier molecular flexibility index (Phi) is 4.62. The van der Waals surface area contributed by atoms with Crippen LogP contribution in [0, 0.1) is 0 Å². The fraction of sp³-hybridized carbons (Fsp3) is 0.364. The van der Waals surface area contributed by atoms with Crippen molar-refractivity contribution in [2.75, 3.05) is 11.9 Å². The lowest BCUT2D eigenvalue weighted by Gasteiger charge is -2.07. The van der Waals surface area contributed by atoms with Crippen LogP contribution in [-0.4, -0.2) is 22.8 Å². The van der Waals surface area contributed by atoms with Gasteiger partial charge in [-0.05, 0) is 25.1 Å². The van der Waals surface area contributed by atoms with E-state index in [4.69, 9.17) is 4.74 Å². The van der Waals surface area contributed by atoms with E-state index in [1.54, 1.807) is 18.2 Å². The molecule has 0 spiro atoms. The van der Waals surface area contributed by atoms with Crippen molar-refractivity contribution >= 4 is 21.7 Å². The Labute approximate surface area is 97.2 Å². The zero-order chi connectivity index (χ0) is 11.3. The maximum absolute atomic E-state index is 11.2. The Hall–Kier alpha value is -1.03. The van der Waals surface area contributed by atoms with Crippen molar-refractivity contribution in [2.45, 2.75) is 13.3 Å². The summed E-state index contributed by atoms with van der Waals surface area (Å²) in [5.74, 6) is 0.833. The third-order valence-electron chi connectivity index (χ3n) is 1.90. The maximum atomic E-state index is 11.2. The van der Waals surface area contributed by atoms with Crippen LogP contribution in [-0.2, 0) is 11.2 Å². The molecule has 0 fully saturated rings. The van der Waals surface area contributed by atoms with Crippen LogP contribution in [0.3, 0.4) is 0 Å². The second-order valence-electron chi connectivity index (χ2n) is 3.07. The number of Topliss-reactive ketones (excluding diaryl/α,β-unsaturated/α-hetero) is 1. The van der Waals surface area contributed by atoms with Crippen LogP contribution in [0.4, 0.5) is 0 Å². The number of phenols is 1. The topological polar surface area (TPSA) is 46.5 Å². The second kappa shape index (κ2) is 5.75. The lowest BCUT2D eigenvalue weighted by atomic mass is 10.1. The third kappa shape index (κ3) is 3.55. The number of ether oxygens (including phenoxy) is 1. The van der Waals surface area contributed by atoms with Crippen molar-refractivity contribution in [3.05, 3.63) is 23.8 Å². The van der Waals surface area contributed by atoms with Crippen molar-refractivity contribution in [1.29, 1.82) is 0 Å². The van der Waals surface area contributed by atoms with Crippen molar-refractivity contribution in [2.24, 2.45) is 0 Å². The van der Waals surface area contributed by atoms with Crippen LogP contribution in [0.25, 0.3) is 0 Å². The molecule has 3 nitrogen and oxygen atoms in total. The van der Waals surface area contributed by atoms with E-state index < -0.39 is 0 Å². The Bertz CT molecular complexity index is 350. The molecule has 0 atom stereocenters. The Morgan fingerprint density at radius 1 is 1.53 bits per heavy atom. The van der Waals surface area contributed by atoms with Gasteiger partial charge in [0.2, 0.25) is 0 Å². The lowest BCUT2D eigenvalue weighted by molar-refractivity contribution is -0.115. The van der Waals surface area contributed by atoms with Gasteiger partial charge in [0.05, 0.1) is 11.9 Å². The van der Waals surface area contributed by atoms with Gasteiger partial charge in [-0.15, -0.1) is 0 Å². The third-order valence-corrected chi connectivity index (χ3v) is 2.52. The van der Waals surface area contributed by atoms with Gasteiger partial charge < -0.3 is 9.84 Å². The van der Waals surface area contributed by atoms with Gasteiger partial charge in [0.1, 0.15) is 17.3 Å². The molecule has 1 N–H and O–H groups in total. The zero-order valence-corrected chi connectivity index (χ0v) is 10.1. The minimum absolute atomic E-state index is 0.0268. The summed E-state index contributed by atoms with van der Waals surface area (Å²) in [7, 11) is 0. The van der Waals surface area contributed by atoms with E-state index in [-0.39, 0.29) is 18.0 Å². The average Bonchev–Trinajstić information content (AvgIpc) is 2.23. The van der Waals surface area contributed by atoms with E-state index in [9.17, 15) is 9.90 Å². The summed E-state index contributed by atoms with van der Waals surface area (Å²) in [5, 5.41) is 9.82. The van der Waals surface area contributed by atoms with Gasteiger partial charge in [-0.3, -0.25) is 4.79 Å². The molecule has 15 heavy (non-hydrogen) atoms. The van der Waals surface area contributed by atoms with Crippen LogP contribution in [0.15, 0.2) is 18.2 Å². The van der Waals surface area contributed by atoms with Gasteiger partial charge in [0.15, 0.2) is 0 Å². The monoisotopic (exact) mass is 272 g/mol. The first-order valence-corrected chi connectivity index (χ1v) is 5.82. The normalized spacial score (nSPS) is 10.0. The number of halogens is 1. The number of aromatic hydroxyl groups is 1. The molecular weight excluding hydrogens is 260 g/mol. The highest BCUT2D eigenvalue weighted by Crippen LogP contribution is 2.23. The molecule has 0 amide bonds. The fourth-order valence-electron chi connectivity index (χ4n) is 1.22. The van der Waals surface area contributed by atoms with Gasteiger partial charge in [0, 0.05) is 12.0 Å². The first-order valence-electron chi connectivity index (χ1n) is 4.69. The van der Waals surface area contributed by atoms with Crippen molar-refractivity contribution in [3.63, 3.8) is 0 Å². The molecule has 0 saturated carbocycles. The molecule has 0 aliphatic carbocycles. The van der Waals surface area contributed by atoms with E-state index in [0.29, 0.717) is 23.2 Å².